The summed E-state index contributed by atoms with van der Waals surface area (Å²) in [6.45, 7) is 0.503. The van der Waals surface area contributed by atoms with E-state index in [1.807, 2.05) is 0 Å². The van der Waals surface area contributed by atoms with E-state index in [9.17, 15) is 13.2 Å². The van der Waals surface area contributed by atoms with E-state index in [2.05, 4.69) is 5.32 Å². The summed E-state index contributed by atoms with van der Waals surface area (Å²) in [7, 11) is 3.00. The first kappa shape index (κ1) is 16.6. The third kappa shape index (κ3) is 6.12. The second-order valence-electron chi connectivity index (χ2n) is 4.06. The number of hydrogen-bond acceptors (Lipinski definition) is 4. The molecule has 0 aliphatic heterocycles. The molecule has 0 aliphatic rings. The van der Waals surface area contributed by atoms with Gasteiger partial charge in [0.05, 0.1) is 13.7 Å². The summed E-state index contributed by atoms with van der Waals surface area (Å²) in [6.07, 6.45) is -4.37. The van der Waals surface area contributed by atoms with Crippen LogP contribution in [-0.4, -0.2) is 40.2 Å². The molecule has 0 radical (unpaired) electrons. The van der Waals surface area contributed by atoms with Crippen LogP contribution in [-0.2, 0) is 11.3 Å². The molecule has 0 saturated heterocycles. The molecule has 0 aliphatic carbocycles. The summed E-state index contributed by atoms with van der Waals surface area (Å²) in [5.74, 6) is 0.353. The molecule has 20 heavy (non-hydrogen) atoms. The molecule has 0 spiro atoms. The number of rotatable bonds is 8. The molecule has 1 aromatic carbocycles. The van der Waals surface area contributed by atoms with Gasteiger partial charge in [0, 0.05) is 20.2 Å². The topological polar surface area (TPSA) is 39.7 Å². The molecule has 0 unspecified atom stereocenters. The van der Waals surface area contributed by atoms with Crippen LogP contribution in [0.15, 0.2) is 18.2 Å². The average molecular weight is 293 g/mol. The smallest absolute Gasteiger partial charge is 0.422 e. The minimum atomic E-state index is -4.37. The Kier molecular flexibility index (Phi) is 6.60. The molecule has 1 N–H and O–H groups in total. The Hall–Kier alpha value is -1.47. The fraction of sp³-hybridized carbons (Fsp3) is 0.538. The van der Waals surface area contributed by atoms with Crippen LogP contribution < -0.4 is 14.8 Å². The maximum atomic E-state index is 12.1. The average Bonchev–Trinajstić information content (AvgIpc) is 2.41. The maximum Gasteiger partial charge on any atom is 0.422 e. The standard InChI is InChI=1S/C13H18F3NO3/c1-18-6-5-17-8-10-3-4-11(12(7-10)19-2)20-9-13(14,15)16/h3-4,7,17H,5-6,8-9H2,1-2H3. The Morgan fingerprint density at radius 2 is 1.90 bits per heavy atom. The predicted molar refractivity (Wildman–Crippen MR) is 68.1 cm³/mol. The van der Waals surface area contributed by atoms with E-state index in [1.54, 1.807) is 19.2 Å². The van der Waals surface area contributed by atoms with Crippen molar-refractivity contribution in [2.45, 2.75) is 12.7 Å². The number of halogens is 3. The number of hydrogen-bond donors (Lipinski definition) is 1. The molecule has 0 amide bonds. The highest BCUT2D eigenvalue weighted by Crippen LogP contribution is 2.29. The Morgan fingerprint density at radius 1 is 1.15 bits per heavy atom. The largest absolute Gasteiger partial charge is 0.493 e. The van der Waals surface area contributed by atoms with Crippen LogP contribution in [0.25, 0.3) is 0 Å². The highest BCUT2D eigenvalue weighted by Gasteiger charge is 2.28. The predicted octanol–water partition coefficient (Wildman–Crippen LogP) is 2.37. The number of ether oxygens (including phenoxy) is 3. The van der Waals surface area contributed by atoms with E-state index < -0.39 is 12.8 Å². The van der Waals surface area contributed by atoms with Gasteiger partial charge >= 0.3 is 6.18 Å². The van der Waals surface area contributed by atoms with Crippen LogP contribution in [0.1, 0.15) is 5.56 Å². The molecular formula is C13H18F3NO3. The Balaban J connectivity index is 2.60. The van der Waals surface area contributed by atoms with Crippen molar-refractivity contribution >= 4 is 0 Å². The molecule has 114 valence electrons. The zero-order valence-electron chi connectivity index (χ0n) is 11.4. The van der Waals surface area contributed by atoms with Gasteiger partial charge in [-0.05, 0) is 17.7 Å². The molecule has 1 rings (SSSR count). The highest BCUT2D eigenvalue weighted by molar-refractivity contribution is 5.43. The Morgan fingerprint density at radius 3 is 2.50 bits per heavy atom. The van der Waals surface area contributed by atoms with Gasteiger partial charge in [-0.2, -0.15) is 13.2 Å². The van der Waals surface area contributed by atoms with Crippen LogP contribution in [0.5, 0.6) is 11.5 Å². The highest BCUT2D eigenvalue weighted by atomic mass is 19.4. The molecule has 1 aromatic rings. The van der Waals surface area contributed by atoms with Crippen molar-refractivity contribution in [2.75, 3.05) is 34.0 Å². The minimum Gasteiger partial charge on any atom is -0.493 e. The number of methoxy groups -OCH3 is 2. The lowest BCUT2D eigenvalue weighted by Gasteiger charge is -2.13. The third-order valence-corrected chi connectivity index (χ3v) is 2.43. The van der Waals surface area contributed by atoms with Crippen molar-refractivity contribution in [1.82, 2.24) is 5.32 Å². The minimum absolute atomic E-state index is 0.0745. The molecule has 0 bridgehead atoms. The zero-order valence-corrected chi connectivity index (χ0v) is 11.4. The first-order chi connectivity index (χ1) is 9.46. The first-order valence-corrected chi connectivity index (χ1v) is 6.02. The molecule has 0 fully saturated rings. The third-order valence-electron chi connectivity index (χ3n) is 2.43. The summed E-state index contributed by atoms with van der Waals surface area (Å²) in [4.78, 5) is 0. The lowest BCUT2D eigenvalue weighted by atomic mass is 10.2. The maximum absolute atomic E-state index is 12.1. The summed E-state index contributed by atoms with van der Waals surface area (Å²) in [5.41, 5.74) is 0.886. The van der Waals surface area contributed by atoms with Gasteiger partial charge in [0.15, 0.2) is 18.1 Å². The normalized spacial score (nSPS) is 11.4. The monoisotopic (exact) mass is 293 g/mol. The molecule has 0 saturated carbocycles. The fourth-order valence-corrected chi connectivity index (χ4v) is 1.51. The first-order valence-electron chi connectivity index (χ1n) is 6.02. The Labute approximate surface area is 115 Å². The number of nitrogens with one attached hydrogen (secondary N) is 1. The zero-order chi connectivity index (χ0) is 15.0. The molecule has 7 heteroatoms. The van der Waals surface area contributed by atoms with Gasteiger partial charge in [0.1, 0.15) is 0 Å². The van der Waals surface area contributed by atoms with Crippen molar-refractivity contribution in [3.05, 3.63) is 23.8 Å². The van der Waals surface area contributed by atoms with Gasteiger partial charge in [0.2, 0.25) is 0 Å². The molecule has 0 heterocycles. The molecule has 4 nitrogen and oxygen atoms in total. The van der Waals surface area contributed by atoms with E-state index in [4.69, 9.17) is 14.2 Å². The SMILES string of the molecule is COCCNCc1ccc(OCC(F)(F)F)c(OC)c1. The molecule has 0 aromatic heterocycles. The number of benzene rings is 1. The summed E-state index contributed by atoms with van der Waals surface area (Å²) >= 11 is 0. The van der Waals surface area contributed by atoms with E-state index in [-0.39, 0.29) is 11.5 Å². The van der Waals surface area contributed by atoms with Crippen molar-refractivity contribution < 1.29 is 27.4 Å². The lowest BCUT2D eigenvalue weighted by Crippen LogP contribution is -2.20. The van der Waals surface area contributed by atoms with Gasteiger partial charge in [0.25, 0.3) is 0 Å². The van der Waals surface area contributed by atoms with Crippen molar-refractivity contribution in [1.29, 1.82) is 0 Å². The van der Waals surface area contributed by atoms with Crippen LogP contribution in [0.3, 0.4) is 0 Å². The summed E-state index contributed by atoms with van der Waals surface area (Å²) in [6, 6.07) is 4.80. The fourth-order valence-electron chi connectivity index (χ4n) is 1.51. The van der Waals surface area contributed by atoms with Crippen LogP contribution in [0.2, 0.25) is 0 Å². The quantitative estimate of drug-likeness (QED) is 0.747. The summed E-state index contributed by atoms with van der Waals surface area (Å²) < 4.78 is 51.0. The second kappa shape index (κ2) is 7.96. The van der Waals surface area contributed by atoms with Gasteiger partial charge in [-0.15, -0.1) is 0 Å². The van der Waals surface area contributed by atoms with Crippen molar-refractivity contribution in [3.8, 4) is 11.5 Å². The van der Waals surface area contributed by atoms with Crippen LogP contribution in [0, 0.1) is 0 Å². The van der Waals surface area contributed by atoms with Gasteiger partial charge in [-0.3, -0.25) is 0 Å². The lowest BCUT2D eigenvalue weighted by molar-refractivity contribution is -0.153. The van der Waals surface area contributed by atoms with Gasteiger partial charge in [-0.25, -0.2) is 0 Å². The number of alkyl halides is 3. The van der Waals surface area contributed by atoms with Crippen LogP contribution in [0.4, 0.5) is 13.2 Å². The van der Waals surface area contributed by atoms with Gasteiger partial charge < -0.3 is 19.5 Å². The van der Waals surface area contributed by atoms with E-state index >= 15 is 0 Å². The Bertz CT molecular complexity index is 410. The van der Waals surface area contributed by atoms with E-state index in [0.29, 0.717) is 19.7 Å². The van der Waals surface area contributed by atoms with E-state index in [1.165, 1.54) is 13.2 Å². The molecular weight excluding hydrogens is 275 g/mol. The molecule has 0 atom stereocenters. The second-order valence-corrected chi connectivity index (χ2v) is 4.06. The summed E-state index contributed by atoms with van der Waals surface area (Å²) in [5, 5.41) is 3.13. The van der Waals surface area contributed by atoms with Crippen molar-refractivity contribution in [2.24, 2.45) is 0 Å². The van der Waals surface area contributed by atoms with Crippen molar-refractivity contribution in [3.63, 3.8) is 0 Å². The van der Waals surface area contributed by atoms with E-state index in [0.717, 1.165) is 5.56 Å². The van der Waals surface area contributed by atoms with Gasteiger partial charge in [-0.1, -0.05) is 6.07 Å². The van der Waals surface area contributed by atoms with Crippen LogP contribution >= 0.6 is 0 Å².